The summed E-state index contributed by atoms with van der Waals surface area (Å²) < 4.78 is 5.46. The lowest BCUT2D eigenvalue weighted by Gasteiger charge is -2.10. The van der Waals surface area contributed by atoms with Crippen molar-refractivity contribution >= 4 is 11.8 Å². The summed E-state index contributed by atoms with van der Waals surface area (Å²) in [4.78, 5) is 0. The topological polar surface area (TPSA) is 21.3 Å². The number of ether oxygens (including phenoxy) is 1. The molecule has 0 spiro atoms. The Bertz CT molecular complexity index is 120. The molecule has 0 rings (SSSR count). The second kappa shape index (κ2) is 9.81. The number of thioether (sulfide) groups is 1. The molecule has 3 heteroatoms. The maximum atomic E-state index is 5.46. The molecule has 1 N–H and O–H groups in total. The van der Waals surface area contributed by atoms with Gasteiger partial charge in [-0.25, -0.2) is 0 Å². The van der Waals surface area contributed by atoms with E-state index in [4.69, 9.17) is 4.74 Å². The number of nitrogens with one attached hydrogen (secondary N) is 1. The highest BCUT2D eigenvalue weighted by Gasteiger charge is 1.97. The van der Waals surface area contributed by atoms with Crippen molar-refractivity contribution in [2.75, 3.05) is 32.6 Å². The molecule has 86 valence electrons. The molecule has 0 aliphatic rings. The van der Waals surface area contributed by atoms with E-state index in [1.54, 1.807) is 0 Å². The van der Waals surface area contributed by atoms with Gasteiger partial charge in [-0.2, -0.15) is 11.8 Å². The van der Waals surface area contributed by atoms with Gasteiger partial charge in [0.25, 0.3) is 0 Å². The number of rotatable bonds is 9. The molecule has 0 fully saturated rings. The standard InChI is InChI=1S/C11H25NOS/c1-10(2)9-13-8-7-12-6-5-11(3)14-4/h10-12H,5-9H2,1-4H3. The molecule has 1 unspecified atom stereocenters. The van der Waals surface area contributed by atoms with E-state index in [1.807, 2.05) is 11.8 Å². The molecule has 0 aromatic rings. The first kappa shape index (κ1) is 14.3. The zero-order valence-electron chi connectivity index (χ0n) is 10.0. The Kier molecular flexibility index (Phi) is 10.0. The van der Waals surface area contributed by atoms with Crippen LogP contribution in [0.15, 0.2) is 0 Å². The summed E-state index contributed by atoms with van der Waals surface area (Å²) in [5.41, 5.74) is 0. The fourth-order valence-corrected chi connectivity index (χ4v) is 1.37. The molecule has 0 radical (unpaired) electrons. The van der Waals surface area contributed by atoms with Crippen LogP contribution in [0.1, 0.15) is 27.2 Å². The average Bonchev–Trinajstić information content (AvgIpc) is 2.15. The van der Waals surface area contributed by atoms with E-state index < -0.39 is 0 Å². The van der Waals surface area contributed by atoms with Crippen LogP contribution in [0.25, 0.3) is 0 Å². The molecule has 0 saturated heterocycles. The number of hydrogen-bond donors (Lipinski definition) is 1. The van der Waals surface area contributed by atoms with Crippen molar-refractivity contribution in [1.82, 2.24) is 5.32 Å². The van der Waals surface area contributed by atoms with E-state index in [9.17, 15) is 0 Å². The van der Waals surface area contributed by atoms with Gasteiger partial charge < -0.3 is 10.1 Å². The van der Waals surface area contributed by atoms with Gasteiger partial charge >= 0.3 is 0 Å². The van der Waals surface area contributed by atoms with Crippen molar-refractivity contribution in [3.8, 4) is 0 Å². The minimum absolute atomic E-state index is 0.645. The van der Waals surface area contributed by atoms with Gasteiger partial charge in [0.2, 0.25) is 0 Å². The highest BCUT2D eigenvalue weighted by molar-refractivity contribution is 7.99. The van der Waals surface area contributed by atoms with Crippen molar-refractivity contribution in [2.24, 2.45) is 5.92 Å². The van der Waals surface area contributed by atoms with Gasteiger partial charge in [0, 0.05) is 18.4 Å². The van der Waals surface area contributed by atoms with Crippen LogP contribution in [0, 0.1) is 5.92 Å². The lowest BCUT2D eigenvalue weighted by molar-refractivity contribution is 0.112. The van der Waals surface area contributed by atoms with Crippen molar-refractivity contribution in [3.05, 3.63) is 0 Å². The Balaban J connectivity index is 2.99. The predicted molar refractivity (Wildman–Crippen MR) is 66.1 cm³/mol. The molecule has 0 aliphatic heterocycles. The van der Waals surface area contributed by atoms with Crippen LogP contribution in [0.5, 0.6) is 0 Å². The Morgan fingerprint density at radius 1 is 1.21 bits per heavy atom. The van der Waals surface area contributed by atoms with Gasteiger partial charge in [-0.1, -0.05) is 20.8 Å². The molecule has 0 aliphatic carbocycles. The summed E-state index contributed by atoms with van der Waals surface area (Å²) >= 11 is 1.93. The molecule has 0 heterocycles. The van der Waals surface area contributed by atoms with Crippen LogP contribution in [0.3, 0.4) is 0 Å². The molecule has 14 heavy (non-hydrogen) atoms. The summed E-state index contributed by atoms with van der Waals surface area (Å²) in [6.07, 6.45) is 3.40. The first-order valence-electron chi connectivity index (χ1n) is 5.48. The lowest BCUT2D eigenvalue weighted by atomic mass is 10.2. The van der Waals surface area contributed by atoms with E-state index in [-0.39, 0.29) is 0 Å². The minimum Gasteiger partial charge on any atom is -0.380 e. The maximum Gasteiger partial charge on any atom is 0.0591 e. The lowest BCUT2D eigenvalue weighted by Crippen LogP contribution is -2.23. The van der Waals surface area contributed by atoms with Crippen LogP contribution in [-0.4, -0.2) is 37.8 Å². The normalized spacial score (nSPS) is 13.5. The largest absolute Gasteiger partial charge is 0.380 e. The summed E-state index contributed by atoms with van der Waals surface area (Å²) in [6, 6.07) is 0. The maximum absolute atomic E-state index is 5.46. The fraction of sp³-hybridized carbons (Fsp3) is 1.00. The summed E-state index contributed by atoms with van der Waals surface area (Å²) in [5, 5.41) is 4.15. The third kappa shape index (κ3) is 10.4. The van der Waals surface area contributed by atoms with Crippen molar-refractivity contribution in [1.29, 1.82) is 0 Å². The second-order valence-electron chi connectivity index (χ2n) is 4.05. The second-order valence-corrected chi connectivity index (χ2v) is 5.33. The number of hydrogen-bond acceptors (Lipinski definition) is 3. The molecular weight excluding hydrogens is 194 g/mol. The monoisotopic (exact) mass is 219 g/mol. The van der Waals surface area contributed by atoms with E-state index >= 15 is 0 Å². The van der Waals surface area contributed by atoms with E-state index in [0.29, 0.717) is 5.92 Å². The molecule has 0 aromatic carbocycles. The van der Waals surface area contributed by atoms with Crippen molar-refractivity contribution in [3.63, 3.8) is 0 Å². The first-order valence-corrected chi connectivity index (χ1v) is 6.76. The van der Waals surface area contributed by atoms with Gasteiger partial charge in [-0.05, 0) is 25.1 Å². The molecular formula is C11H25NOS. The third-order valence-corrected chi connectivity index (χ3v) is 3.04. The van der Waals surface area contributed by atoms with Crippen LogP contribution >= 0.6 is 11.8 Å². The zero-order chi connectivity index (χ0) is 10.8. The van der Waals surface area contributed by atoms with Gasteiger partial charge in [-0.15, -0.1) is 0 Å². The Labute approximate surface area is 93.2 Å². The van der Waals surface area contributed by atoms with Crippen molar-refractivity contribution in [2.45, 2.75) is 32.4 Å². The first-order chi connectivity index (χ1) is 6.66. The molecule has 0 bridgehead atoms. The highest BCUT2D eigenvalue weighted by atomic mass is 32.2. The van der Waals surface area contributed by atoms with Crippen LogP contribution in [0.4, 0.5) is 0 Å². The third-order valence-electron chi connectivity index (χ3n) is 2.00. The Hall–Kier alpha value is 0.270. The van der Waals surface area contributed by atoms with E-state index in [1.165, 1.54) is 6.42 Å². The van der Waals surface area contributed by atoms with E-state index in [2.05, 4.69) is 32.3 Å². The van der Waals surface area contributed by atoms with Crippen LogP contribution in [0.2, 0.25) is 0 Å². The fourth-order valence-electron chi connectivity index (χ4n) is 1.01. The highest BCUT2D eigenvalue weighted by Crippen LogP contribution is 2.07. The van der Waals surface area contributed by atoms with Gasteiger partial charge in [0.15, 0.2) is 0 Å². The quantitative estimate of drug-likeness (QED) is 0.602. The molecule has 2 nitrogen and oxygen atoms in total. The Morgan fingerprint density at radius 2 is 1.93 bits per heavy atom. The average molecular weight is 219 g/mol. The van der Waals surface area contributed by atoms with Gasteiger partial charge in [0.1, 0.15) is 0 Å². The van der Waals surface area contributed by atoms with E-state index in [0.717, 1.165) is 31.6 Å². The predicted octanol–water partition coefficient (Wildman–Crippen LogP) is 2.39. The Morgan fingerprint density at radius 3 is 2.50 bits per heavy atom. The molecule has 0 aromatic heterocycles. The van der Waals surface area contributed by atoms with Crippen LogP contribution < -0.4 is 5.32 Å². The van der Waals surface area contributed by atoms with Crippen LogP contribution in [-0.2, 0) is 4.74 Å². The van der Waals surface area contributed by atoms with Gasteiger partial charge in [0.05, 0.1) is 6.61 Å². The molecule has 1 atom stereocenters. The summed E-state index contributed by atoms with van der Waals surface area (Å²) in [7, 11) is 0. The summed E-state index contributed by atoms with van der Waals surface area (Å²) in [6.45, 7) is 10.4. The molecule has 0 saturated carbocycles. The zero-order valence-corrected chi connectivity index (χ0v) is 10.8. The van der Waals surface area contributed by atoms with Gasteiger partial charge in [-0.3, -0.25) is 0 Å². The smallest absolute Gasteiger partial charge is 0.0591 e. The summed E-state index contributed by atoms with van der Waals surface area (Å²) in [5.74, 6) is 0.645. The minimum atomic E-state index is 0.645. The SMILES string of the molecule is CSC(C)CCNCCOCC(C)C. The molecule has 0 amide bonds. The van der Waals surface area contributed by atoms with Crippen molar-refractivity contribution < 1.29 is 4.74 Å².